The van der Waals surface area contributed by atoms with E-state index in [1.54, 1.807) is 0 Å². The van der Waals surface area contributed by atoms with Crippen LogP contribution < -0.4 is 0 Å². The number of hydrogen-bond acceptors (Lipinski definition) is 0. The summed E-state index contributed by atoms with van der Waals surface area (Å²) in [5.41, 5.74) is 5.55. The Hall–Kier alpha value is -2.02. The van der Waals surface area contributed by atoms with Crippen LogP contribution in [0.5, 0.6) is 0 Å². The molecule has 3 aromatic rings. The van der Waals surface area contributed by atoms with Crippen LogP contribution in [0, 0.1) is 6.92 Å². The molecule has 0 bridgehead atoms. The van der Waals surface area contributed by atoms with Crippen molar-refractivity contribution in [1.82, 2.24) is 4.57 Å². The molecule has 0 spiro atoms. The maximum absolute atomic E-state index is 2.24. The van der Waals surface area contributed by atoms with Crippen LogP contribution in [-0.4, -0.2) is 4.57 Å². The zero-order chi connectivity index (χ0) is 21.0. The lowest BCUT2D eigenvalue weighted by molar-refractivity contribution is 0.857. The summed E-state index contributed by atoms with van der Waals surface area (Å²) in [4.78, 5) is 0. The number of benzene rings is 2. The lowest BCUT2D eigenvalue weighted by Gasteiger charge is -2.04. The molecule has 0 saturated heterocycles. The first kappa shape index (κ1) is 28.2. The van der Waals surface area contributed by atoms with E-state index in [4.69, 9.17) is 0 Å². The van der Waals surface area contributed by atoms with Gasteiger partial charge in [0.25, 0.3) is 0 Å². The van der Waals surface area contributed by atoms with Gasteiger partial charge in [-0.15, -0.1) is 0 Å². The van der Waals surface area contributed by atoms with Crippen LogP contribution in [0.3, 0.4) is 0 Å². The van der Waals surface area contributed by atoms with Gasteiger partial charge in [-0.1, -0.05) is 111 Å². The van der Waals surface area contributed by atoms with Gasteiger partial charge in [0.1, 0.15) is 0 Å². The Labute approximate surface area is 175 Å². The minimum absolute atomic E-state index is 0. The second kappa shape index (κ2) is 15.0. The minimum Gasteiger partial charge on any atom is -0.350 e. The van der Waals surface area contributed by atoms with Crippen molar-refractivity contribution < 1.29 is 0 Å². The SMILES string of the molecule is C.CC.CC.CC(C)c1cn(C)c2ccccc12.Cc1cccc(C(C)C)c1. The van der Waals surface area contributed by atoms with Gasteiger partial charge in [0.05, 0.1) is 0 Å². The average Bonchev–Trinajstić information content (AvgIpc) is 3.03. The Morgan fingerprint density at radius 3 is 1.79 bits per heavy atom. The zero-order valence-corrected chi connectivity index (χ0v) is 19.3. The lowest BCUT2D eigenvalue weighted by atomic mass is 10.0. The van der Waals surface area contributed by atoms with Crippen molar-refractivity contribution in [3.8, 4) is 0 Å². The Balaban J connectivity index is 0. The molecule has 28 heavy (non-hydrogen) atoms. The molecule has 0 aliphatic carbocycles. The van der Waals surface area contributed by atoms with Crippen LogP contribution in [0.4, 0.5) is 0 Å². The molecule has 0 N–H and O–H groups in total. The summed E-state index contributed by atoms with van der Waals surface area (Å²) >= 11 is 0. The summed E-state index contributed by atoms with van der Waals surface area (Å²) in [7, 11) is 2.11. The molecule has 158 valence electrons. The van der Waals surface area contributed by atoms with Gasteiger partial charge in [-0.05, 0) is 36.0 Å². The van der Waals surface area contributed by atoms with Gasteiger partial charge in [-0.3, -0.25) is 0 Å². The largest absolute Gasteiger partial charge is 0.350 e. The van der Waals surface area contributed by atoms with Crippen molar-refractivity contribution in [2.75, 3.05) is 0 Å². The third-order valence-electron chi connectivity index (χ3n) is 4.26. The fourth-order valence-corrected chi connectivity index (χ4v) is 2.86. The molecule has 2 aromatic carbocycles. The molecule has 1 nitrogen and oxygen atoms in total. The number of aromatic nitrogens is 1. The van der Waals surface area contributed by atoms with Crippen molar-refractivity contribution in [3.63, 3.8) is 0 Å². The molecule has 1 heterocycles. The maximum atomic E-state index is 2.24. The number of rotatable bonds is 2. The normalized spacial score (nSPS) is 9.43. The summed E-state index contributed by atoms with van der Waals surface area (Å²) in [6.45, 7) is 19.0. The van der Waals surface area contributed by atoms with Crippen LogP contribution in [0.1, 0.15) is 91.3 Å². The molecule has 0 aliphatic rings. The topological polar surface area (TPSA) is 4.93 Å². The molecule has 1 aromatic heterocycles. The van der Waals surface area contributed by atoms with E-state index >= 15 is 0 Å². The van der Waals surface area contributed by atoms with Crippen molar-refractivity contribution in [3.05, 3.63) is 71.4 Å². The standard InChI is InChI=1S/C12H15N.C10H14.2C2H6.CH4/c1-9(2)11-8-13(3)12-7-5-4-6-10(11)12;1-8(2)10-6-4-5-9(3)7-10;2*1-2;/h4-9H,1-3H3;4-8H,1-3H3;2*1-2H3;1H4. The highest BCUT2D eigenvalue weighted by Crippen LogP contribution is 2.26. The highest BCUT2D eigenvalue weighted by Gasteiger charge is 2.07. The zero-order valence-electron chi connectivity index (χ0n) is 19.3. The van der Waals surface area contributed by atoms with Crippen LogP contribution in [0.2, 0.25) is 0 Å². The Kier molecular flexibility index (Phi) is 15.1. The molecular weight excluding hydrogens is 338 g/mol. The van der Waals surface area contributed by atoms with E-state index in [0.29, 0.717) is 11.8 Å². The van der Waals surface area contributed by atoms with E-state index < -0.39 is 0 Å². The van der Waals surface area contributed by atoms with Gasteiger partial charge in [-0.25, -0.2) is 0 Å². The van der Waals surface area contributed by atoms with Gasteiger partial charge in [-0.2, -0.15) is 0 Å². The predicted octanol–water partition coefficient (Wildman–Crippen LogP) is 9.11. The van der Waals surface area contributed by atoms with Crippen LogP contribution in [-0.2, 0) is 7.05 Å². The van der Waals surface area contributed by atoms with Crippen LogP contribution in [0.25, 0.3) is 10.9 Å². The van der Waals surface area contributed by atoms with Gasteiger partial charge < -0.3 is 4.57 Å². The third kappa shape index (κ3) is 8.33. The number of para-hydroxylation sites is 1. The third-order valence-corrected chi connectivity index (χ3v) is 4.26. The number of fused-ring (bicyclic) bond motifs is 1. The molecular formula is C27H45N. The summed E-state index contributed by atoms with van der Waals surface area (Å²) in [5.74, 6) is 1.26. The molecule has 0 amide bonds. The van der Waals surface area contributed by atoms with Crippen molar-refractivity contribution in [2.45, 2.75) is 81.6 Å². The van der Waals surface area contributed by atoms with Crippen molar-refractivity contribution in [1.29, 1.82) is 0 Å². The van der Waals surface area contributed by atoms with Gasteiger partial charge >= 0.3 is 0 Å². The number of hydrogen-bond donors (Lipinski definition) is 0. The fraction of sp³-hybridized carbons (Fsp3) is 0.481. The van der Waals surface area contributed by atoms with E-state index in [9.17, 15) is 0 Å². The van der Waals surface area contributed by atoms with Gasteiger partial charge in [0.2, 0.25) is 0 Å². The molecule has 0 atom stereocenters. The first-order valence-corrected chi connectivity index (χ1v) is 10.5. The van der Waals surface area contributed by atoms with E-state index in [2.05, 4.69) is 101 Å². The highest BCUT2D eigenvalue weighted by molar-refractivity contribution is 5.84. The number of aryl methyl sites for hydroxylation is 2. The minimum atomic E-state index is 0. The lowest BCUT2D eigenvalue weighted by Crippen LogP contribution is -1.86. The van der Waals surface area contributed by atoms with E-state index in [1.807, 2.05) is 27.7 Å². The van der Waals surface area contributed by atoms with E-state index in [0.717, 1.165) is 0 Å². The number of nitrogens with zero attached hydrogens (tertiary/aromatic N) is 1. The molecule has 0 saturated carbocycles. The molecule has 3 rings (SSSR count). The Morgan fingerprint density at radius 1 is 0.750 bits per heavy atom. The Bertz CT molecular complexity index is 763. The van der Waals surface area contributed by atoms with Crippen molar-refractivity contribution in [2.24, 2.45) is 7.05 Å². The van der Waals surface area contributed by atoms with Crippen LogP contribution >= 0.6 is 0 Å². The molecule has 0 aliphatic heterocycles. The molecule has 0 fully saturated rings. The van der Waals surface area contributed by atoms with Crippen molar-refractivity contribution >= 4 is 10.9 Å². The Morgan fingerprint density at radius 2 is 1.32 bits per heavy atom. The average molecular weight is 384 g/mol. The second-order valence-electron chi connectivity index (χ2n) is 6.94. The highest BCUT2D eigenvalue weighted by atomic mass is 14.9. The monoisotopic (exact) mass is 383 g/mol. The second-order valence-corrected chi connectivity index (χ2v) is 6.94. The molecule has 0 unspecified atom stereocenters. The summed E-state index contributed by atoms with van der Waals surface area (Å²) < 4.78 is 2.20. The fourth-order valence-electron chi connectivity index (χ4n) is 2.86. The van der Waals surface area contributed by atoms with Gasteiger partial charge in [0.15, 0.2) is 0 Å². The quantitative estimate of drug-likeness (QED) is 0.416. The summed E-state index contributed by atoms with van der Waals surface area (Å²) in [5, 5.41) is 1.39. The predicted molar refractivity (Wildman–Crippen MR) is 132 cm³/mol. The first-order valence-electron chi connectivity index (χ1n) is 10.5. The summed E-state index contributed by atoms with van der Waals surface area (Å²) in [6.07, 6.45) is 2.23. The van der Waals surface area contributed by atoms with E-state index in [1.165, 1.54) is 27.6 Å². The first-order chi connectivity index (χ1) is 12.9. The molecule has 0 radical (unpaired) electrons. The van der Waals surface area contributed by atoms with E-state index in [-0.39, 0.29) is 7.43 Å². The smallest absolute Gasteiger partial charge is 0.0480 e. The van der Waals surface area contributed by atoms with Crippen LogP contribution in [0.15, 0.2) is 54.7 Å². The maximum Gasteiger partial charge on any atom is 0.0480 e. The van der Waals surface area contributed by atoms with Gasteiger partial charge in [0, 0.05) is 24.1 Å². The molecule has 1 heteroatoms. The summed E-state index contributed by atoms with van der Waals surface area (Å²) in [6, 6.07) is 17.2.